The van der Waals surface area contributed by atoms with E-state index in [1.807, 2.05) is 12.1 Å². The molecule has 0 saturated heterocycles. The summed E-state index contributed by atoms with van der Waals surface area (Å²) in [7, 11) is 0. The van der Waals surface area contributed by atoms with E-state index < -0.39 is 0 Å². The number of aryl methyl sites for hydroxylation is 2. The van der Waals surface area contributed by atoms with Crippen LogP contribution in [0.5, 0.6) is 0 Å². The maximum Gasteiger partial charge on any atom is 0.260 e. The van der Waals surface area contributed by atoms with E-state index in [0.29, 0.717) is 17.3 Å². The molecule has 6 nitrogen and oxygen atoms in total. The van der Waals surface area contributed by atoms with E-state index in [1.165, 1.54) is 16.6 Å². The van der Waals surface area contributed by atoms with E-state index in [4.69, 9.17) is 5.26 Å². The highest BCUT2D eigenvalue weighted by molar-refractivity contribution is 7.99. The van der Waals surface area contributed by atoms with Crippen LogP contribution >= 0.6 is 23.1 Å². The summed E-state index contributed by atoms with van der Waals surface area (Å²) in [4.78, 5) is 34.2. The van der Waals surface area contributed by atoms with E-state index in [0.717, 1.165) is 47.0 Å². The maximum absolute atomic E-state index is 12.5. The van der Waals surface area contributed by atoms with E-state index in [9.17, 15) is 9.59 Å². The SMILES string of the molecule is N#CCc1ccc(NC(=O)CSc2nc3sc4c(c3c(=O)[nH]2)CCCC4)cc1. The second-order valence-electron chi connectivity index (χ2n) is 6.63. The molecule has 1 aliphatic rings. The Hall–Kier alpha value is -2.63. The molecule has 4 rings (SSSR count). The summed E-state index contributed by atoms with van der Waals surface area (Å²) in [6.07, 6.45) is 4.59. The number of nitriles is 1. The normalized spacial score (nSPS) is 13.1. The molecule has 0 bridgehead atoms. The Morgan fingerprint density at radius 2 is 2.07 bits per heavy atom. The van der Waals surface area contributed by atoms with Crippen molar-refractivity contribution in [3.8, 4) is 6.07 Å². The van der Waals surface area contributed by atoms with Gasteiger partial charge in [-0.3, -0.25) is 9.59 Å². The van der Waals surface area contributed by atoms with Crippen molar-refractivity contribution >= 4 is 44.9 Å². The summed E-state index contributed by atoms with van der Waals surface area (Å²) < 4.78 is 0. The molecular weight excluding hydrogens is 392 g/mol. The monoisotopic (exact) mass is 410 g/mol. The van der Waals surface area contributed by atoms with Crippen molar-refractivity contribution in [1.29, 1.82) is 5.26 Å². The lowest BCUT2D eigenvalue weighted by atomic mass is 9.97. The van der Waals surface area contributed by atoms with Crippen LogP contribution in [0.2, 0.25) is 0 Å². The number of thioether (sulfide) groups is 1. The first-order valence-corrected chi connectivity index (χ1v) is 10.9. The number of thiophene rings is 1. The molecular formula is C20H18N4O2S2. The molecule has 1 aromatic carbocycles. The Balaban J connectivity index is 1.43. The van der Waals surface area contributed by atoms with Crippen molar-refractivity contribution in [2.24, 2.45) is 0 Å². The fraction of sp³-hybridized carbons (Fsp3) is 0.300. The minimum atomic E-state index is -0.175. The van der Waals surface area contributed by atoms with Crippen LogP contribution in [0.3, 0.4) is 0 Å². The summed E-state index contributed by atoms with van der Waals surface area (Å²) in [6.45, 7) is 0. The molecule has 2 heterocycles. The molecule has 0 atom stereocenters. The largest absolute Gasteiger partial charge is 0.325 e. The number of amides is 1. The first-order chi connectivity index (χ1) is 13.6. The standard InChI is InChI=1S/C20H18N4O2S2/c21-10-9-12-5-7-13(8-6-12)22-16(25)11-27-20-23-18(26)17-14-3-1-2-4-15(14)28-19(17)24-20/h5-8H,1-4,9,11H2,(H,22,25)(H,23,24,26). The lowest BCUT2D eigenvalue weighted by Gasteiger charge is -2.09. The number of anilines is 1. The Morgan fingerprint density at radius 3 is 2.86 bits per heavy atom. The predicted molar refractivity (Wildman–Crippen MR) is 112 cm³/mol. The second kappa shape index (κ2) is 8.17. The molecule has 8 heteroatoms. The number of benzene rings is 1. The number of aromatic nitrogens is 2. The zero-order valence-electron chi connectivity index (χ0n) is 15.1. The minimum absolute atomic E-state index is 0.111. The fourth-order valence-corrected chi connectivity index (χ4v) is 5.32. The lowest BCUT2D eigenvalue weighted by Crippen LogP contribution is -2.15. The minimum Gasteiger partial charge on any atom is -0.325 e. The van der Waals surface area contributed by atoms with Gasteiger partial charge in [-0.1, -0.05) is 23.9 Å². The van der Waals surface area contributed by atoms with E-state index in [2.05, 4.69) is 21.4 Å². The summed E-state index contributed by atoms with van der Waals surface area (Å²) in [5.74, 6) is -0.0225. The van der Waals surface area contributed by atoms with Crippen molar-refractivity contribution in [1.82, 2.24) is 9.97 Å². The van der Waals surface area contributed by atoms with E-state index in [-0.39, 0.29) is 17.2 Å². The fourth-order valence-electron chi connectivity index (χ4n) is 3.34. The van der Waals surface area contributed by atoms with Crippen LogP contribution in [0.4, 0.5) is 5.69 Å². The van der Waals surface area contributed by atoms with Gasteiger partial charge in [-0.05, 0) is 48.9 Å². The van der Waals surface area contributed by atoms with Gasteiger partial charge in [-0.25, -0.2) is 4.98 Å². The van der Waals surface area contributed by atoms with E-state index in [1.54, 1.807) is 23.5 Å². The third kappa shape index (κ3) is 3.96. The van der Waals surface area contributed by atoms with Gasteiger partial charge in [0.05, 0.1) is 23.6 Å². The number of carbonyl (C=O) groups excluding carboxylic acids is 1. The van der Waals surface area contributed by atoms with Crippen LogP contribution in [0.1, 0.15) is 28.8 Å². The number of rotatable bonds is 5. The van der Waals surface area contributed by atoms with Crippen LogP contribution in [0.25, 0.3) is 10.2 Å². The second-order valence-corrected chi connectivity index (χ2v) is 8.68. The Morgan fingerprint density at radius 1 is 1.29 bits per heavy atom. The number of nitrogens with zero attached hydrogens (tertiary/aromatic N) is 2. The lowest BCUT2D eigenvalue weighted by molar-refractivity contribution is -0.113. The van der Waals surface area contributed by atoms with Gasteiger partial charge < -0.3 is 10.3 Å². The van der Waals surface area contributed by atoms with Gasteiger partial charge >= 0.3 is 0 Å². The van der Waals surface area contributed by atoms with Crippen molar-refractivity contribution < 1.29 is 4.79 Å². The average Bonchev–Trinajstić information content (AvgIpc) is 3.07. The van der Waals surface area contributed by atoms with Crippen LogP contribution in [-0.4, -0.2) is 21.6 Å². The predicted octanol–water partition coefficient (Wildman–Crippen LogP) is 3.66. The molecule has 2 N–H and O–H groups in total. The summed E-state index contributed by atoms with van der Waals surface area (Å²) in [6, 6.07) is 9.27. The number of fused-ring (bicyclic) bond motifs is 3. The highest BCUT2D eigenvalue weighted by atomic mass is 32.2. The first kappa shape index (κ1) is 18.7. The first-order valence-electron chi connectivity index (χ1n) is 9.07. The molecule has 0 fully saturated rings. The smallest absolute Gasteiger partial charge is 0.260 e. The highest BCUT2D eigenvalue weighted by Gasteiger charge is 2.20. The van der Waals surface area contributed by atoms with Crippen LogP contribution in [0, 0.1) is 11.3 Å². The molecule has 0 radical (unpaired) electrons. The van der Waals surface area contributed by atoms with Crippen molar-refractivity contribution in [2.45, 2.75) is 37.3 Å². The van der Waals surface area contributed by atoms with Gasteiger partial charge in [0.25, 0.3) is 5.56 Å². The zero-order valence-corrected chi connectivity index (χ0v) is 16.7. The molecule has 0 spiro atoms. The molecule has 2 aromatic heterocycles. The van der Waals surface area contributed by atoms with Gasteiger partial charge in [-0.2, -0.15) is 5.26 Å². The van der Waals surface area contributed by atoms with Crippen LogP contribution in [0.15, 0.2) is 34.2 Å². The third-order valence-electron chi connectivity index (χ3n) is 4.66. The summed E-state index contributed by atoms with van der Waals surface area (Å²) >= 11 is 2.82. The number of nitrogens with one attached hydrogen (secondary N) is 2. The summed E-state index contributed by atoms with van der Waals surface area (Å²) in [5, 5.41) is 12.7. The number of hydrogen-bond acceptors (Lipinski definition) is 6. The molecule has 28 heavy (non-hydrogen) atoms. The molecule has 0 unspecified atom stereocenters. The number of H-pyrrole nitrogens is 1. The van der Waals surface area contributed by atoms with Crippen LogP contribution in [-0.2, 0) is 24.1 Å². The molecule has 0 saturated carbocycles. The molecule has 1 amide bonds. The number of carbonyl (C=O) groups is 1. The number of aromatic amines is 1. The summed E-state index contributed by atoms with van der Waals surface area (Å²) in [5.41, 5.74) is 2.63. The highest BCUT2D eigenvalue weighted by Crippen LogP contribution is 2.34. The van der Waals surface area contributed by atoms with Gasteiger partial charge in [0.2, 0.25) is 5.91 Å². The third-order valence-corrected chi connectivity index (χ3v) is 6.72. The van der Waals surface area contributed by atoms with E-state index >= 15 is 0 Å². The molecule has 0 aliphatic heterocycles. The topological polar surface area (TPSA) is 98.6 Å². The molecule has 3 aromatic rings. The Bertz CT molecular complexity index is 1130. The van der Waals surface area contributed by atoms with Gasteiger partial charge in [0.15, 0.2) is 5.16 Å². The molecule has 1 aliphatic carbocycles. The average molecular weight is 411 g/mol. The molecule has 142 valence electrons. The maximum atomic E-state index is 12.5. The van der Waals surface area contributed by atoms with Crippen molar-refractivity contribution in [3.05, 3.63) is 50.6 Å². The number of hydrogen-bond donors (Lipinski definition) is 2. The Labute approximate surface area is 170 Å². The van der Waals surface area contributed by atoms with Crippen LogP contribution < -0.4 is 10.9 Å². The van der Waals surface area contributed by atoms with Gasteiger partial charge in [0.1, 0.15) is 4.83 Å². The van der Waals surface area contributed by atoms with Crippen molar-refractivity contribution in [2.75, 3.05) is 11.1 Å². The quantitative estimate of drug-likeness (QED) is 0.494. The Kier molecular flexibility index (Phi) is 5.46. The van der Waals surface area contributed by atoms with Gasteiger partial charge in [0, 0.05) is 10.6 Å². The van der Waals surface area contributed by atoms with Gasteiger partial charge in [-0.15, -0.1) is 11.3 Å². The van der Waals surface area contributed by atoms with Crippen molar-refractivity contribution in [3.63, 3.8) is 0 Å². The zero-order chi connectivity index (χ0) is 19.5.